The first-order valence-corrected chi connectivity index (χ1v) is 10.5. The zero-order valence-corrected chi connectivity index (χ0v) is 16.8. The Morgan fingerprint density at radius 1 is 0.750 bits per heavy atom. The minimum absolute atomic E-state index is 0.293. The number of hydrogen-bond donors (Lipinski definition) is 2. The topological polar surface area (TPSA) is 52.6 Å². The molecule has 4 nitrogen and oxygen atoms in total. The molecule has 0 spiro atoms. The number of rotatable bonds is 16. The number of thiol groups is 2. The van der Waals surface area contributed by atoms with Crippen LogP contribution in [0.25, 0.3) is 0 Å². The summed E-state index contributed by atoms with van der Waals surface area (Å²) in [5.41, 5.74) is 0. The van der Waals surface area contributed by atoms with Crippen LogP contribution in [0.1, 0.15) is 84.0 Å². The van der Waals surface area contributed by atoms with Crippen LogP contribution in [0.3, 0.4) is 0 Å². The SMILES string of the molecule is CCCCCCCC(OC(=O)CCCCS)OC(=O)CCCCS. The average molecular weight is 379 g/mol. The summed E-state index contributed by atoms with van der Waals surface area (Å²) < 4.78 is 10.7. The van der Waals surface area contributed by atoms with E-state index in [2.05, 4.69) is 32.2 Å². The predicted octanol–water partition coefficient (Wildman–Crippen LogP) is 4.96. The summed E-state index contributed by atoms with van der Waals surface area (Å²) in [6.45, 7) is 2.17. The minimum Gasteiger partial charge on any atom is -0.425 e. The number of ether oxygens (including phenoxy) is 2. The number of hydrogen-bond acceptors (Lipinski definition) is 6. The van der Waals surface area contributed by atoms with Crippen LogP contribution in [0.15, 0.2) is 0 Å². The van der Waals surface area contributed by atoms with Crippen molar-refractivity contribution in [1.29, 1.82) is 0 Å². The Hall–Kier alpha value is -0.360. The van der Waals surface area contributed by atoms with E-state index in [4.69, 9.17) is 9.47 Å². The van der Waals surface area contributed by atoms with E-state index >= 15 is 0 Å². The molecule has 0 saturated carbocycles. The van der Waals surface area contributed by atoms with Gasteiger partial charge in [-0.3, -0.25) is 9.59 Å². The second kappa shape index (κ2) is 17.5. The van der Waals surface area contributed by atoms with Crippen molar-refractivity contribution in [2.75, 3.05) is 11.5 Å². The van der Waals surface area contributed by atoms with E-state index in [1.807, 2.05) is 0 Å². The first kappa shape index (κ1) is 23.6. The molecule has 0 N–H and O–H groups in total. The first-order chi connectivity index (χ1) is 11.6. The van der Waals surface area contributed by atoms with Crippen LogP contribution in [0.2, 0.25) is 0 Å². The molecule has 142 valence electrons. The van der Waals surface area contributed by atoms with Crippen LogP contribution >= 0.6 is 25.3 Å². The van der Waals surface area contributed by atoms with E-state index in [1.54, 1.807) is 0 Å². The molecule has 0 aliphatic carbocycles. The number of unbranched alkanes of at least 4 members (excludes halogenated alkanes) is 6. The predicted molar refractivity (Wildman–Crippen MR) is 105 cm³/mol. The molecule has 0 rings (SSSR count). The van der Waals surface area contributed by atoms with Crippen LogP contribution in [-0.2, 0) is 19.1 Å². The Morgan fingerprint density at radius 2 is 1.25 bits per heavy atom. The molecule has 0 bridgehead atoms. The van der Waals surface area contributed by atoms with Gasteiger partial charge in [0.15, 0.2) is 0 Å². The molecular formula is C18H34O4S2. The summed E-state index contributed by atoms with van der Waals surface area (Å²) >= 11 is 8.25. The maximum Gasteiger partial charge on any atom is 0.308 e. The maximum atomic E-state index is 11.9. The molecule has 0 aliphatic heterocycles. The first-order valence-electron chi connectivity index (χ1n) is 9.24. The molecule has 0 aromatic heterocycles. The third-order valence-electron chi connectivity index (χ3n) is 3.65. The van der Waals surface area contributed by atoms with Crippen LogP contribution in [0.4, 0.5) is 0 Å². The van der Waals surface area contributed by atoms with Gasteiger partial charge in [0.25, 0.3) is 0 Å². The van der Waals surface area contributed by atoms with Crippen LogP contribution in [0, 0.1) is 0 Å². The lowest BCUT2D eigenvalue weighted by atomic mass is 10.1. The lowest BCUT2D eigenvalue weighted by Gasteiger charge is -2.18. The maximum absolute atomic E-state index is 11.9. The van der Waals surface area contributed by atoms with Gasteiger partial charge in [-0.05, 0) is 43.6 Å². The highest BCUT2D eigenvalue weighted by molar-refractivity contribution is 7.80. The number of carbonyl (C=O) groups excluding carboxylic acids is 2. The van der Waals surface area contributed by atoms with E-state index in [0.29, 0.717) is 19.3 Å². The normalized spacial score (nSPS) is 10.8. The highest BCUT2D eigenvalue weighted by Crippen LogP contribution is 2.14. The summed E-state index contributed by atoms with van der Waals surface area (Å²) in [6.07, 6.45) is 9.33. The smallest absolute Gasteiger partial charge is 0.308 e. The fraction of sp³-hybridized carbons (Fsp3) is 0.889. The highest BCUT2D eigenvalue weighted by atomic mass is 32.1. The number of carbonyl (C=O) groups is 2. The summed E-state index contributed by atoms with van der Waals surface area (Å²) in [4.78, 5) is 23.7. The lowest BCUT2D eigenvalue weighted by Crippen LogP contribution is -2.24. The molecule has 0 fully saturated rings. The molecule has 0 radical (unpaired) electrons. The molecule has 0 aliphatic rings. The van der Waals surface area contributed by atoms with Gasteiger partial charge in [-0.1, -0.05) is 32.6 Å². The van der Waals surface area contributed by atoms with Crippen molar-refractivity contribution in [3.63, 3.8) is 0 Å². The van der Waals surface area contributed by atoms with Crippen molar-refractivity contribution in [2.24, 2.45) is 0 Å². The van der Waals surface area contributed by atoms with Crippen molar-refractivity contribution >= 4 is 37.2 Å². The molecule has 0 heterocycles. The van der Waals surface area contributed by atoms with Gasteiger partial charge in [0.1, 0.15) is 0 Å². The third kappa shape index (κ3) is 15.2. The molecule has 0 saturated heterocycles. The Morgan fingerprint density at radius 3 is 1.71 bits per heavy atom. The third-order valence-corrected chi connectivity index (χ3v) is 4.28. The zero-order chi connectivity index (χ0) is 18.0. The molecule has 24 heavy (non-hydrogen) atoms. The van der Waals surface area contributed by atoms with Crippen molar-refractivity contribution in [3.8, 4) is 0 Å². The van der Waals surface area contributed by atoms with Gasteiger partial charge < -0.3 is 9.47 Å². The largest absolute Gasteiger partial charge is 0.425 e. The van der Waals surface area contributed by atoms with Crippen molar-refractivity contribution in [3.05, 3.63) is 0 Å². The fourth-order valence-electron chi connectivity index (χ4n) is 2.23. The fourth-order valence-corrected chi connectivity index (χ4v) is 2.68. The zero-order valence-electron chi connectivity index (χ0n) is 15.0. The van der Waals surface area contributed by atoms with Gasteiger partial charge in [0, 0.05) is 19.3 Å². The van der Waals surface area contributed by atoms with Gasteiger partial charge in [0.05, 0.1) is 0 Å². The summed E-state index contributed by atoms with van der Waals surface area (Å²) in [5, 5.41) is 0. The van der Waals surface area contributed by atoms with Gasteiger partial charge in [0.2, 0.25) is 6.29 Å². The Balaban J connectivity index is 4.20. The second-order valence-electron chi connectivity index (χ2n) is 5.97. The van der Waals surface area contributed by atoms with E-state index < -0.39 is 6.29 Å². The summed E-state index contributed by atoms with van der Waals surface area (Å²) in [6, 6.07) is 0. The quantitative estimate of drug-likeness (QED) is 0.172. The molecule has 0 aromatic carbocycles. The molecule has 6 heteroatoms. The molecule has 0 atom stereocenters. The van der Waals surface area contributed by atoms with Gasteiger partial charge in [-0.2, -0.15) is 25.3 Å². The molecule has 0 aromatic rings. The van der Waals surface area contributed by atoms with E-state index in [9.17, 15) is 9.59 Å². The van der Waals surface area contributed by atoms with Crippen LogP contribution in [-0.4, -0.2) is 29.7 Å². The average Bonchev–Trinajstić information content (AvgIpc) is 2.55. The Kier molecular flexibility index (Phi) is 17.2. The van der Waals surface area contributed by atoms with Crippen molar-refractivity contribution in [1.82, 2.24) is 0 Å². The summed E-state index contributed by atoms with van der Waals surface area (Å²) in [5.74, 6) is 0.930. The standard InChI is InChI=1S/C18H34O4S2/c1-2-3-4-5-6-13-18(21-16(19)11-7-9-14-23)22-17(20)12-8-10-15-24/h18,23-24H,2-15H2,1H3. The monoisotopic (exact) mass is 378 g/mol. The number of esters is 2. The molecular weight excluding hydrogens is 344 g/mol. The van der Waals surface area contributed by atoms with Crippen molar-refractivity contribution < 1.29 is 19.1 Å². The molecule has 0 amide bonds. The molecule has 0 unspecified atom stereocenters. The van der Waals surface area contributed by atoms with E-state index in [0.717, 1.165) is 56.5 Å². The van der Waals surface area contributed by atoms with E-state index in [-0.39, 0.29) is 11.9 Å². The van der Waals surface area contributed by atoms with Gasteiger partial charge >= 0.3 is 11.9 Å². The Labute approximate surface area is 158 Å². The lowest BCUT2D eigenvalue weighted by molar-refractivity contribution is -0.189. The van der Waals surface area contributed by atoms with Gasteiger partial charge in [-0.15, -0.1) is 0 Å². The highest BCUT2D eigenvalue weighted by Gasteiger charge is 2.18. The van der Waals surface area contributed by atoms with Crippen LogP contribution in [0.5, 0.6) is 0 Å². The van der Waals surface area contributed by atoms with Crippen LogP contribution < -0.4 is 0 Å². The summed E-state index contributed by atoms with van der Waals surface area (Å²) in [7, 11) is 0. The minimum atomic E-state index is -0.737. The van der Waals surface area contributed by atoms with Gasteiger partial charge in [-0.25, -0.2) is 0 Å². The Bertz CT molecular complexity index is 300. The van der Waals surface area contributed by atoms with Crippen molar-refractivity contribution in [2.45, 2.75) is 90.3 Å². The van der Waals surface area contributed by atoms with E-state index in [1.165, 1.54) is 12.8 Å². The second-order valence-corrected chi connectivity index (χ2v) is 6.87.